The number of amides is 1. The fourth-order valence-corrected chi connectivity index (χ4v) is 2.43. The summed E-state index contributed by atoms with van der Waals surface area (Å²) in [6, 6.07) is 1.05. The Balaban J connectivity index is 3.24. The predicted molar refractivity (Wildman–Crippen MR) is 74.2 cm³/mol. The molecule has 0 aromatic heterocycles. The van der Waals surface area contributed by atoms with E-state index in [1.54, 1.807) is 0 Å². The lowest BCUT2D eigenvalue weighted by atomic mass is 10.2. The van der Waals surface area contributed by atoms with Crippen LogP contribution in [0.4, 0.5) is 15.8 Å². The van der Waals surface area contributed by atoms with Crippen LogP contribution in [0.5, 0.6) is 0 Å². The number of hydrogen-bond donors (Lipinski definition) is 1. The Labute approximate surface area is 124 Å². The average molecular weight is 339 g/mol. The van der Waals surface area contributed by atoms with Crippen LogP contribution in [0, 0.1) is 15.9 Å². The lowest BCUT2D eigenvalue weighted by Gasteiger charge is -2.07. The third kappa shape index (κ3) is 4.64. The van der Waals surface area contributed by atoms with Gasteiger partial charge in [-0.2, -0.15) is 0 Å². The van der Waals surface area contributed by atoms with Gasteiger partial charge in [0.15, 0.2) is 0 Å². The number of benzene rings is 1. The molecule has 0 bridgehead atoms. The number of unbranched alkanes of at least 4 members (excludes halogenated alkanes) is 1. The SMILES string of the molecule is CCCCC(=O)Nc1cc(F)c(S(=O)(=O)Cl)cc1[N+](=O)[O-]. The summed E-state index contributed by atoms with van der Waals surface area (Å²) in [6.45, 7) is 1.86. The highest BCUT2D eigenvalue weighted by atomic mass is 35.7. The van der Waals surface area contributed by atoms with E-state index in [0.29, 0.717) is 18.6 Å². The molecule has 0 aliphatic heterocycles. The van der Waals surface area contributed by atoms with Gasteiger partial charge in [0.05, 0.1) is 4.92 Å². The van der Waals surface area contributed by atoms with Crippen LogP contribution in [-0.2, 0) is 13.8 Å². The van der Waals surface area contributed by atoms with Gasteiger partial charge in [-0.25, -0.2) is 12.8 Å². The van der Waals surface area contributed by atoms with Gasteiger partial charge in [-0.05, 0) is 6.42 Å². The number of nitro groups is 1. The molecule has 1 rings (SSSR count). The van der Waals surface area contributed by atoms with Gasteiger partial charge in [0.25, 0.3) is 14.7 Å². The first-order valence-corrected chi connectivity index (χ1v) is 8.20. The molecule has 0 aliphatic rings. The Morgan fingerprint density at radius 1 is 1.48 bits per heavy atom. The maximum absolute atomic E-state index is 13.7. The van der Waals surface area contributed by atoms with Crippen molar-refractivity contribution in [2.75, 3.05) is 5.32 Å². The van der Waals surface area contributed by atoms with Crippen molar-refractivity contribution < 1.29 is 22.5 Å². The van der Waals surface area contributed by atoms with Crippen LogP contribution >= 0.6 is 10.7 Å². The Hall–Kier alpha value is -1.74. The molecule has 0 spiro atoms. The van der Waals surface area contributed by atoms with Gasteiger partial charge < -0.3 is 5.32 Å². The molecule has 1 N–H and O–H groups in total. The number of rotatable bonds is 6. The molecule has 0 heterocycles. The van der Waals surface area contributed by atoms with Gasteiger partial charge in [-0.1, -0.05) is 13.3 Å². The molecule has 1 aromatic carbocycles. The summed E-state index contributed by atoms with van der Waals surface area (Å²) in [6.07, 6.45) is 1.42. The quantitative estimate of drug-likeness (QED) is 0.487. The minimum absolute atomic E-state index is 0.116. The summed E-state index contributed by atoms with van der Waals surface area (Å²) in [5.74, 6) is -1.80. The number of nitrogens with one attached hydrogen (secondary N) is 1. The second-order valence-electron chi connectivity index (χ2n) is 4.15. The van der Waals surface area contributed by atoms with Crippen molar-refractivity contribution in [1.82, 2.24) is 0 Å². The monoisotopic (exact) mass is 338 g/mol. The smallest absolute Gasteiger partial charge is 0.294 e. The summed E-state index contributed by atoms with van der Waals surface area (Å²) in [4.78, 5) is 20.5. The molecule has 7 nitrogen and oxygen atoms in total. The number of hydrogen-bond acceptors (Lipinski definition) is 5. The first-order chi connectivity index (χ1) is 9.66. The van der Waals surface area contributed by atoms with E-state index in [0.717, 1.165) is 6.42 Å². The number of nitrogens with zero attached hydrogens (tertiary/aromatic N) is 1. The number of anilines is 1. The average Bonchev–Trinajstić information content (AvgIpc) is 2.34. The predicted octanol–water partition coefficient (Wildman–Crippen LogP) is 2.79. The Morgan fingerprint density at radius 3 is 2.57 bits per heavy atom. The molecule has 0 unspecified atom stereocenters. The van der Waals surface area contributed by atoms with Gasteiger partial charge in [-0.15, -0.1) is 0 Å². The second-order valence-corrected chi connectivity index (χ2v) is 6.68. The van der Waals surface area contributed by atoms with Crippen molar-refractivity contribution in [2.24, 2.45) is 0 Å². The highest BCUT2D eigenvalue weighted by molar-refractivity contribution is 8.13. The van der Waals surface area contributed by atoms with Crippen LogP contribution in [0.15, 0.2) is 17.0 Å². The van der Waals surface area contributed by atoms with Crippen molar-refractivity contribution in [3.63, 3.8) is 0 Å². The van der Waals surface area contributed by atoms with Gasteiger partial charge >= 0.3 is 0 Å². The fourth-order valence-electron chi connectivity index (χ4n) is 1.53. The lowest BCUT2D eigenvalue weighted by Crippen LogP contribution is -2.13. The largest absolute Gasteiger partial charge is 0.320 e. The van der Waals surface area contributed by atoms with Crippen molar-refractivity contribution in [3.05, 3.63) is 28.1 Å². The number of nitro benzene ring substituents is 1. The van der Waals surface area contributed by atoms with Crippen molar-refractivity contribution in [3.8, 4) is 0 Å². The molecular weight excluding hydrogens is 327 g/mol. The zero-order valence-corrected chi connectivity index (χ0v) is 12.5. The molecule has 0 radical (unpaired) electrons. The molecule has 1 amide bonds. The van der Waals surface area contributed by atoms with Gasteiger partial charge in [0, 0.05) is 29.2 Å². The molecular formula is C11H12ClFN2O5S. The molecule has 21 heavy (non-hydrogen) atoms. The Bertz CT molecular complexity index is 677. The van der Waals surface area contributed by atoms with E-state index in [4.69, 9.17) is 10.7 Å². The summed E-state index contributed by atoms with van der Waals surface area (Å²) in [7, 11) is 0.521. The highest BCUT2D eigenvalue weighted by Crippen LogP contribution is 2.31. The van der Waals surface area contributed by atoms with E-state index in [9.17, 15) is 27.7 Å². The number of carbonyl (C=O) groups excluding carboxylic acids is 1. The molecule has 0 fully saturated rings. The fraction of sp³-hybridized carbons (Fsp3) is 0.364. The van der Waals surface area contributed by atoms with Crippen LogP contribution < -0.4 is 5.32 Å². The van der Waals surface area contributed by atoms with Crippen LogP contribution in [0.1, 0.15) is 26.2 Å². The van der Waals surface area contributed by atoms with Crippen LogP contribution in [-0.4, -0.2) is 19.2 Å². The van der Waals surface area contributed by atoms with E-state index in [1.165, 1.54) is 0 Å². The zero-order valence-electron chi connectivity index (χ0n) is 10.9. The summed E-state index contributed by atoms with van der Waals surface area (Å²) in [5.41, 5.74) is -1.16. The molecule has 0 atom stereocenters. The summed E-state index contributed by atoms with van der Waals surface area (Å²) >= 11 is 0. The van der Waals surface area contributed by atoms with E-state index in [1.807, 2.05) is 6.92 Å². The minimum atomic E-state index is -4.47. The maximum atomic E-state index is 13.7. The summed E-state index contributed by atoms with van der Waals surface area (Å²) in [5, 5.41) is 13.1. The van der Waals surface area contributed by atoms with Crippen LogP contribution in [0.3, 0.4) is 0 Å². The molecule has 0 aliphatic carbocycles. The van der Waals surface area contributed by atoms with Crippen molar-refractivity contribution >= 4 is 37.0 Å². The highest BCUT2D eigenvalue weighted by Gasteiger charge is 2.25. The Morgan fingerprint density at radius 2 is 2.10 bits per heavy atom. The van der Waals surface area contributed by atoms with Crippen molar-refractivity contribution in [2.45, 2.75) is 31.1 Å². The number of halogens is 2. The third-order valence-corrected chi connectivity index (χ3v) is 3.88. The maximum Gasteiger partial charge on any atom is 0.294 e. The standard InChI is InChI=1S/C11H12ClFN2O5S/c1-2-3-4-11(16)14-8-5-7(13)10(21(12,19)20)6-9(8)15(17)18/h5-6H,2-4H2,1H3,(H,14,16). The van der Waals surface area contributed by atoms with E-state index >= 15 is 0 Å². The van der Waals surface area contributed by atoms with Gasteiger partial charge in [-0.3, -0.25) is 14.9 Å². The normalized spacial score (nSPS) is 11.2. The van der Waals surface area contributed by atoms with Crippen LogP contribution in [0.2, 0.25) is 0 Å². The number of carbonyl (C=O) groups is 1. The molecule has 1 aromatic rings. The Kier molecular flexibility index (Phi) is 5.62. The van der Waals surface area contributed by atoms with E-state index < -0.39 is 42.0 Å². The van der Waals surface area contributed by atoms with E-state index in [2.05, 4.69) is 5.32 Å². The molecule has 0 saturated carbocycles. The third-order valence-electron chi connectivity index (χ3n) is 2.54. The van der Waals surface area contributed by atoms with Gasteiger partial charge in [0.1, 0.15) is 16.4 Å². The first-order valence-electron chi connectivity index (χ1n) is 5.89. The van der Waals surface area contributed by atoms with E-state index in [-0.39, 0.29) is 6.42 Å². The van der Waals surface area contributed by atoms with Gasteiger partial charge in [0.2, 0.25) is 5.91 Å². The zero-order chi connectivity index (χ0) is 16.2. The van der Waals surface area contributed by atoms with Crippen LogP contribution in [0.25, 0.3) is 0 Å². The molecule has 10 heteroatoms. The molecule has 0 saturated heterocycles. The second kappa shape index (κ2) is 6.81. The lowest BCUT2D eigenvalue weighted by molar-refractivity contribution is -0.384. The first kappa shape index (κ1) is 17.3. The minimum Gasteiger partial charge on any atom is -0.320 e. The van der Waals surface area contributed by atoms with Crippen molar-refractivity contribution in [1.29, 1.82) is 0 Å². The topological polar surface area (TPSA) is 106 Å². The molecule has 116 valence electrons. The summed E-state index contributed by atoms with van der Waals surface area (Å²) < 4.78 is 35.9.